The van der Waals surface area contributed by atoms with Gasteiger partial charge >= 0.3 is 0 Å². The zero-order chi connectivity index (χ0) is 17.9. The Morgan fingerprint density at radius 1 is 1.19 bits per heavy atom. The molecule has 26 heavy (non-hydrogen) atoms. The van der Waals surface area contributed by atoms with Crippen LogP contribution in [0.5, 0.6) is 0 Å². The molecule has 3 heterocycles. The Morgan fingerprint density at radius 2 is 2.04 bits per heavy atom. The zero-order valence-electron chi connectivity index (χ0n) is 13.9. The van der Waals surface area contributed by atoms with E-state index in [1.54, 1.807) is 5.51 Å². The SMILES string of the molecule is O=C(CN1CCN(c2ccc3cccc(Br)c3n2)CC1)Nc1nncs1. The van der Waals surface area contributed by atoms with Gasteiger partial charge in [-0.1, -0.05) is 23.5 Å². The summed E-state index contributed by atoms with van der Waals surface area (Å²) in [6.45, 7) is 3.69. The number of carbonyl (C=O) groups is 1. The van der Waals surface area contributed by atoms with Crippen LogP contribution in [0.15, 0.2) is 40.3 Å². The highest BCUT2D eigenvalue weighted by atomic mass is 79.9. The molecular formula is C17H17BrN6OS. The molecule has 1 aliphatic rings. The van der Waals surface area contributed by atoms with Crippen molar-refractivity contribution in [3.8, 4) is 0 Å². The molecule has 2 aromatic heterocycles. The van der Waals surface area contributed by atoms with Gasteiger partial charge in [-0.05, 0) is 34.1 Å². The van der Waals surface area contributed by atoms with Gasteiger partial charge in [-0.25, -0.2) is 4.98 Å². The van der Waals surface area contributed by atoms with E-state index in [-0.39, 0.29) is 5.91 Å². The lowest BCUT2D eigenvalue weighted by atomic mass is 10.2. The second-order valence-corrected chi connectivity index (χ2v) is 7.72. The summed E-state index contributed by atoms with van der Waals surface area (Å²) < 4.78 is 1.00. The van der Waals surface area contributed by atoms with Crippen molar-refractivity contribution in [2.45, 2.75) is 0 Å². The van der Waals surface area contributed by atoms with E-state index in [2.05, 4.69) is 59.4 Å². The average molecular weight is 433 g/mol. The number of aromatic nitrogens is 3. The number of hydrogen-bond acceptors (Lipinski definition) is 7. The molecule has 0 aliphatic carbocycles. The molecule has 3 aromatic rings. The van der Waals surface area contributed by atoms with Crippen LogP contribution in [-0.4, -0.2) is 58.7 Å². The Balaban J connectivity index is 1.36. The third-order valence-electron chi connectivity index (χ3n) is 4.33. The molecule has 7 nitrogen and oxygen atoms in total. The molecule has 0 unspecified atom stereocenters. The van der Waals surface area contributed by atoms with Crippen molar-refractivity contribution in [1.82, 2.24) is 20.1 Å². The van der Waals surface area contributed by atoms with Crippen LogP contribution in [-0.2, 0) is 4.79 Å². The molecule has 1 N–H and O–H groups in total. The third-order valence-corrected chi connectivity index (χ3v) is 5.57. The van der Waals surface area contributed by atoms with E-state index in [4.69, 9.17) is 4.98 Å². The molecule has 1 aliphatic heterocycles. The number of halogens is 1. The summed E-state index contributed by atoms with van der Waals surface area (Å²) in [6.07, 6.45) is 0. The fourth-order valence-electron chi connectivity index (χ4n) is 3.00. The summed E-state index contributed by atoms with van der Waals surface area (Å²) in [5.74, 6) is 0.922. The fourth-order valence-corrected chi connectivity index (χ4v) is 3.93. The number of nitrogens with zero attached hydrogens (tertiary/aromatic N) is 5. The predicted octanol–water partition coefficient (Wildman–Crippen LogP) is 2.61. The first kappa shape index (κ1) is 17.3. The molecule has 4 rings (SSSR count). The van der Waals surface area contributed by atoms with Crippen LogP contribution in [0.25, 0.3) is 10.9 Å². The Kier molecular flexibility index (Phi) is 5.09. The molecule has 0 bridgehead atoms. The number of carbonyl (C=O) groups excluding carboxylic acids is 1. The summed E-state index contributed by atoms with van der Waals surface area (Å²) in [5.41, 5.74) is 2.58. The Labute approximate surface area is 163 Å². The topological polar surface area (TPSA) is 74.2 Å². The minimum absolute atomic E-state index is 0.0528. The minimum atomic E-state index is -0.0528. The van der Waals surface area contributed by atoms with Crippen molar-refractivity contribution < 1.29 is 4.79 Å². The van der Waals surface area contributed by atoms with Crippen molar-refractivity contribution in [1.29, 1.82) is 0 Å². The van der Waals surface area contributed by atoms with Gasteiger partial charge in [0.2, 0.25) is 11.0 Å². The lowest BCUT2D eigenvalue weighted by molar-refractivity contribution is -0.117. The second-order valence-electron chi connectivity index (χ2n) is 6.04. The lowest BCUT2D eigenvalue weighted by Crippen LogP contribution is -2.48. The molecule has 0 radical (unpaired) electrons. The van der Waals surface area contributed by atoms with E-state index < -0.39 is 0 Å². The van der Waals surface area contributed by atoms with Crippen molar-refractivity contribution >= 4 is 55.0 Å². The van der Waals surface area contributed by atoms with E-state index in [0.717, 1.165) is 47.4 Å². The van der Waals surface area contributed by atoms with Crippen LogP contribution in [0, 0.1) is 0 Å². The second kappa shape index (κ2) is 7.65. The van der Waals surface area contributed by atoms with Crippen LogP contribution in [0.4, 0.5) is 10.9 Å². The van der Waals surface area contributed by atoms with Crippen LogP contribution in [0.3, 0.4) is 0 Å². The number of pyridine rings is 1. The van der Waals surface area contributed by atoms with E-state index in [0.29, 0.717) is 11.7 Å². The summed E-state index contributed by atoms with van der Waals surface area (Å²) in [4.78, 5) is 21.3. The number of hydrogen-bond donors (Lipinski definition) is 1. The predicted molar refractivity (Wildman–Crippen MR) is 107 cm³/mol. The molecule has 0 saturated carbocycles. The number of piperazine rings is 1. The molecule has 134 valence electrons. The molecule has 0 spiro atoms. The van der Waals surface area contributed by atoms with Gasteiger partial charge < -0.3 is 4.90 Å². The lowest BCUT2D eigenvalue weighted by Gasteiger charge is -2.35. The normalized spacial score (nSPS) is 15.3. The molecule has 1 fully saturated rings. The Hall–Kier alpha value is -2.10. The van der Waals surface area contributed by atoms with Crippen molar-refractivity contribution in [3.63, 3.8) is 0 Å². The molecule has 1 aromatic carbocycles. The first-order valence-electron chi connectivity index (χ1n) is 8.27. The highest BCUT2D eigenvalue weighted by Crippen LogP contribution is 2.25. The first-order chi connectivity index (χ1) is 12.7. The highest BCUT2D eigenvalue weighted by Gasteiger charge is 2.20. The number of anilines is 2. The van der Waals surface area contributed by atoms with Gasteiger partial charge in [0.1, 0.15) is 11.3 Å². The largest absolute Gasteiger partial charge is 0.354 e. The van der Waals surface area contributed by atoms with E-state index in [1.807, 2.05) is 12.1 Å². The van der Waals surface area contributed by atoms with Gasteiger partial charge in [-0.2, -0.15) is 0 Å². The summed E-state index contributed by atoms with van der Waals surface area (Å²) in [5, 5.41) is 12.0. The van der Waals surface area contributed by atoms with Gasteiger partial charge in [-0.3, -0.25) is 15.0 Å². The van der Waals surface area contributed by atoms with Gasteiger partial charge in [0, 0.05) is 36.0 Å². The van der Waals surface area contributed by atoms with Crippen molar-refractivity contribution in [3.05, 3.63) is 40.3 Å². The van der Waals surface area contributed by atoms with Crippen LogP contribution in [0.2, 0.25) is 0 Å². The number of amides is 1. The summed E-state index contributed by atoms with van der Waals surface area (Å²) >= 11 is 4.89. The van der Waals surface area contributed by atoms with Crippen molar-refractivity contribution in [2.75, 3.05) is 42.9 Å². The minimum Gasteiger partial charge on any atom is -0.354 e. The Bertz CT molecular complexity index is 911. The van der Waals surface area contributed by atoms with E-state index >= 15 is 0 Å². The highest BCUT2D eigenvalue weighted by molar-refractivity contribution is 9.10. The number of benzene rings is 1. The smallest absolute Gasteiger partial charge is 0.240 e. The molecule has 1 saturated heterocycles. The maximum atomic E-state index is 12.1. The number of nitrogens with one attached hydrogen (secondary N) is 1. The zero-order valence-corrected chi connectivity index (χ0v) is 16.3. The molecular weight excluding hydrogens is 416 g/mol. The van der Waals surface area contributed by atoms with Gasteiger partial charge in [0.15, 0.2) is 0 Å². The van der Waals surface area contributed by atoms with Crippen LogP contribution < -0.4 is 10.2 Å². The van der Waals surface area contributed by atoms with E-state index in [9.17, 15) is 4.79 Å². The number of para-hydroxylation sites is 1. The monoisotopic (exact) mass is 432 g/mol. The number of fused-ring (bicyclic) bond motifs is 1. The van der Waals surface area contributed by atoms with Gasteiger partial charge in [-0.15, -0.1) is 10.2 Å². The quantitative estimate of drug-likeness (QED) is 0.682. The van der Waals surface area contributed by atoms with Gasteiger partial charge in [0.25, 0.3) is 0 Å². The molecule has 1 amide bonds. The molecule has 0 atom stereocenters. The summed E-state index contributed by atoms with van der Waals surface area (Å²) in [6, 6.07) is 10.2. The fraction of sp³-hybridized carbons (Fsp3) is 0.294. The van der Waals surface area contributed by atoms with Crippen molar-refractivity contribution in [2.24, 2.45) is 0 Å². The summed E-state index contributed by atoms with van der Waals surface area (Å²) in [7, 11) is 0. The van der Waals surface area contributed by atoms with Crippen LogP contribution in [0.1, 0.15) is 0 Å². The maximum absolute atomic E-state index is 12.1. The van der Waals surface area contributed by atoms with Gasteiger partial charge in [0.05, 0.1) is 12.1 Å². The standard InChI is InChI=1S/C17H17BrN6OS/c18-13-3-1-2-12-4-5-14(20-16(12)13)24-8-6-23(7-9-24)10-15(25)21-17-22-19-11-26-17/h1-5,11H,6-10H2,(H,21,22,25). The average Bonchev–Trinajstić information content (AvgIpc) is 3.15. The van der Waals surface area contributed by atoms with E-state index in [1.165, 1.54) is 11.3 Å². The Morgan fingerprint density at radius 3 is 2.81 bits per heavy atom. The number of rotatable bonds is 4. The first-order valence-corrected chi connectivity index (χ1v) is 9.95. The molecule has 9 heteroatoms. The third kappa shape index (κ3) is 3.84. The van der Waals surface area contributed by atoms with Crippen LogP contribution >= 0.6 is 27.3 Å². The maximum Gasteiger partial charge on any atom is 0.240 e.